The zero-order valence-corrected chi connectivity index (χ0v) is 7.37. The Hall–Kier alpha value is -1.38. The first-order chi connectivity index (χ1) is 5.59. The number of hydrogen-bond acceptors (Lipinski definition) is 3. The molecule has 4 N–H and O–H groups in total. The van der Waals surface area contributed by atoms with Gasteiger partial charge in [-0.05, 0) is 32.0 Å². The molecule has 0 amide bonds. The lowest BCUT2D eigenvalue weighted by molar-refractivity contribution is 0.244. The molecular formula is C9H14N2O. The summed E-state index contributed by atoms with van der Waals surface area (Å²) in [7, 11) is 0. The highest BCUT2D eigenvalue weighted by molar-refractivity contribution is 5.60. The molecule has 0 saturated carbocycles. The average molecular weight is 166 g/mol. The average Bonchev–Trinajstić information content (AvgIpc) is 1.94. The molecule has 66 valence electrons. The van der Waals surface area contributed by atoms with Crippen molar-refractivity contribution in [3.05, 3.63) is 18.2 Å². The third-order valence-corrected chi connectivity index (χ3v) is 1.40. The summed E-state index contributed by atoms with van der Waals surface area (Å²) in [6.45, 7) is 3.91. The maximum absolute atomic E-state index is 5.66. The van der Waals surface area contributed by atoms with Gasteiger partial charge in [-0.2, -0.15) is 0 Å². The predicted octanol–water partition coefficient (Wildman–Crippen LogP) is 1.64. The van der Waals surface area contributed by atoms with Crippen LogP contribution in [0.5, 0.6) is 5.75 Å². The van der Waals surface area contributed by atoms with Crippen LogP contribution in [0.3, 0.4) is 0 Å². The second-order valence-electron chi connectivity index (χ2n) is 2.96. The number of nitrogen functional groups attached to an aromatic ring is 2. The van der Waals surface area contributed by atoms with Crippen molar-refractivity contribution in [2.45, 2.75) is 20.0 Å². The van der Waals surface area contributed by atoms with E-state index in [0.29, 0.717) is 17.1 Å². The Labute approximate surface area is 72.3 Å². The first kappa shape index (κ1) is 8.71. The molecule has 0 aliphatic heterocycles. The Morgan fingerprint density at radius 3 is 2.42 bits per heavy atom. The Balaban J connectivity index is 2.86. The van der Waals surface area contributed by atoms with Gasteiger partial charge in [0.15, 0.2) is 0 Å². The lowest BCUT2D eigenvalue weighted by Gasteiger charge is -2.11. The van der Waals surface area contributed by atoms with E-state index in [1.807, 2.05) is 13.8 Å². The maximum Gasteiger partial charge on any atom is 0.142 e. The van der Waals surface area contributed by atoms with Crippen LogP contribution in [0.4, 0.5) is 11.4 Å². The molecule has 0 saturated heterocycles. The van der Waals surface area contributed by atoms with Crippen LogP contribution < -0.4 is 16.2 Å². The number of anilines is 2. The highest BCUT2D eigenvalue weighted by Gasteiger charge is 2.01. The summed E-state index contributed by atoms with van der Waals surface area (Å²) in [4.78, 5) is 0. The van der Waals surface area contributed by atoms with Crippen LogP contribution in [-0.4, -0.2) is 6.10 Å². The van der Waals surface area contributed by atoms with Crippen LogP contribution in [-0.2, 0) is 0 Å². The summed E-state index contributed by atoms with van der Waals surface area (Å²) < 4.78 is 5.42. The van der Waals surface area contributed by atoms with Crippen molar-refractivity contribution in [3.8, 4) is 5.75 Å². The molecule has 0 aromatic heterocycles. The van der Waals surface area contributed by atoms with E-state index in [-0.39, 0.29) is 6.10 Å². The molecule has 3 nitrogen and oxygen atoms in total. The van der Waals surface area contributed by atoms with E-state index in [0.717, 1.165) is 0 Å². The van der Waals surface area contributed by atoms with E-state index in [4.69, 9.17) is 16.2 Å². The summed E-state index contributed by atoms with van der Waals surface area (Å²) in [6.07, 6.45) is 0.135. The summed E-state index contributed by atoms with van der Waals surface area (Å²) >= 11 is 0. The van der Waals surface area contributed by atoms with Crippen LogP contribution in [0.1, 0.15) is 13.8 Å². The summed E-state index contributed by atoms with van der Waals surface area (Å²) in [5.74, 6) is 0.694. The minimum absolute atomic E-state index is 0.135. The highest BCUT2D eigenvalue weighted by Crippen LogP contribution is 2.24. The number of ether oxygens (including phenoxy) is 1. The normalized spacial score (nSPS) is 10.2. The molecule has 0 unspecified atom stereocenters. The van der Waals surface area contributed by atoms with Gasteiger partial charge in [-0.15, -0.1) is 0 Å². The number of rotatable bonds is 2. The lowest BCUT2D eigenvalue weighted by Crippen LogP contribution is -2.07. The summed E-state index contributed by atoms with van der Waals surface area (Å²) in [5.41, 5.74) is 12.4. The molecule has 12 heavy (non-hydrogen) atoms. The number of benzene rings is 1. The van der Waals surface area contributed by atoms with Gasteiger partial charge in [-0.1, -0.05) is 0 Å². The van der Waals surface area contributed by atoms with Gasteiger partial charge in [-0.3, -0.25) is 0 Å². The Morgan fingerprint density at radius 1 is 1.25 bits per heavy atom. The van der Waals surface area contributed by atoms with Crippen molar-refractivity contribution in [1.82, 2.24) is 0 Å². The standard InChI is InChI=1S/C9H14N2O/c1-6(2)12-9-4-3-7(10)5-8(9)11/h3-6H,10-11H2,1-2H3. The van der Waals surface area contributed by atoms with Gasteiger partial charge >= 0.3 is 0 Å². The van der Waals surface area contributed by atoms with Crippen molar-refractivity contribution in [2.75, 3.05) is 11.5 Å². The fourth-order valence-corrected chi connectivity index (χ4v) is 0.928. The quantitative estimate of drug-likeness (QED) is 0.656. The predicted molar refractivity (Wildman–Crippen MR) is 51.0 cm³/mol. The van der Waals surface area contributed by atoms with Gasteiger partial charge in [0.25, 0.3) is 0 Å². The van der Waals surface area contributed by atoms with E-state index >= 15 is 0 Å². The van der Waals surface area contributed by atoms with E-state index in [9.17, 15) is 0 Å². The van der Waals surface area contributed by atoms with Gasteiger partial charge in [0.2, 0.25) is 0 Å². The van der Waals surface area contributed by atoms with E-state index in [1.165, 1.54) is 0 Å². The molecule has 0 heterocycles. The van der Waals surface area contributed by atoms with Crippen molar-refractivity contribution < 1.29 is 4.74 Å². The molecule has 0 spiro atoms. The van der Waals surface area contributed by atoms with Gasteiger partial charge in [0.1, 0.15) is 5.75 Å². The zero-order valence-electron chi connectivity index (χ0n) is 7.37. The molecular weight excluding hydrogens is 152 g/mol. The van der Waals surface area contributed by atoms with Crippen molar-refractivity contribution >= 4 is 11.4 Å². The fraction of sp³-hybridized carbons (Fsp3) is 0.333. The van der Waals surface area contributed by atoms with E-state index < -0.39 is 0 Å². The van der Waals surface area contributed by atoms with Crippen molar-refractivity contribution in [2.24, 2.45) is 0 Å². The molecule has 0 atom stereocenters. The highest BCUT2D eigenvalue weighted by atomic mass is 16.5. The summed E-state index contributed by atoms with van der Waals surface area (Å²) in [6, 6.07) is 5.25. The molecule has 1 aromatic rings. The SMILES string of the molecule is CC(C)Oc1ccc(N)cc1N. The van der Waals surface area contributed by atoms with Gasteiger partial charge in [0.05, 0.1) is 11.8 Å². The third-order valence-electron chi connectivity index (χ3n) is 1.40. The van der Waals surface area contributed by atoms with Crippen LogP contribution in [0.2, 0.25) is 0 Å². The first-order valence-corrected chi connectivity index (χ1v) is 3.91. The maximum atomic E-state index is 5.66. The minimum Gasteiger partial charge on any atom is -0.489 e. The molecule has 0 radical (unpaired) electrons. The minimum atomic E-state index is 0.135. The molecule has 0 fully saturated rings. The van der Waals surface area contributed by atoms with Crippen LogP contribution in [0.15, 0.2) is 18.2 Å². The van der Waals surface area contributed by atoms with Gasteiger partial charge in [-0.25, -0.2) is 0 Å². The molecule has 0 bridgehead atoms. The van der Waals surface area contributed by atoms with Crippen LogP contribution in [0, 0.1) is 0 Å². The summed E-state index contributed by atoms with van der Waals surface area (Å²) in [5, 5.41) is 0. The van der Waals surface area contributed by atoms with Crippen LogP contribution >= 0.6 is 0 Å². The van der Waals surface area contributed by atoms with Crippen molar-refractivity contribution in [1.29, 1.82) is 0 Å². The Morgan fingerprint density at radius 2 is 1.92 bits per heavy atom. The van der Waals surface area contributed by atoms with Crippen molar-refractivity contribution in [3.63, 3.8) is 0 Å². The fourth-order valence-electron chi connectivity index (χ4n) is 0.928. The third kappa shape index (κ3) is 2.05. The lowest BCUT2D eigenvalue weighted by atomic mass is 10.2. The van der Waals surface area contributed by atoms with Gasteiger partial charge < -0.3 is 16.2 Å². The monoisotopic (exact) mass is 166 g/mol. The topological polar surface area (TPSA) is 61.3 Å². The zero-order chi connectivity index (χ0) is 9.14. The van der Waals surface area contributed by atoms with E-state index in [1.54, 1.807) is 18.2 Å². The largest absolute Gasteiger partial charge is 0.489 e. The molecule has 1 aromatic carbocycles. The Bertz CT molecular complexity index is 271. The van der Waals surface area contributed by atoms with Gasteiger partial charge in [0, 0.05) is 5.69 Å². The number of hydrogen-bond donors (Lipinski definition) is 2. The Kier molecular flexibility index (Phi) is 2.43. The first-order valence-electron chi connectivity index (χ1n) is 3.91. The molecule has 0 aliphatic carbocycles. The van der Waals surface area contributed by atoms with E-state index in [2.05, 4.69) is 0 Å². The molecule has 1 rings (SSSR count). The number of nitrogens with two attached hydrogens (primary N) is 2. The second kappa shape index (κ2) is 3.34. The second-order valence-corrected chi connectivity index (χ2v) is 2.96. The smallest absolute Gasteiger partial charge is 0.142 e. The molecule has 0 aliphatic rings. The van der Waals surface area contributed by atoms with Crippen LogP contribution in [0.25, 0.3) is 0 Å². The molecule has 3 heteroatoms.